The Bertz CT molecular complexity index is 1410. The monoisotopic (exact) mass is 493 g/mol. The zero-order chi connectivity index (χ0) is 25.2. The molecule has 0 unspecified atom stereocenters. The first-order valence-corrected chi connectivity index (χ1v) is 11.7. The molecule has 1 heterocycles. The van der Waals surface area contributed by atoms with E-state index >= 15 is 0 Å². The number of carbonyl (C=O) groups excluding carboxylic acids is 2. The van der Waals surface area contributed by atoms with Gasteiger partial charge in [0.2, 0.25) is 5.91 Å². The van der Waals surface area contributed by atoms with Gasteiger partial charge in [-0.2, -0.15) is 0 Å². The minimum atomic E-state index is -0.331. The van der Waals surface area contributed by atoms with E-state index in [1.165, 1.54) is 0 Å². The van der Waals surface area contributed by atoms with Crippen molar-refractivity contribution in [1.29, 1.82) is 0 Å². The first-order chi connectivity index (χ1) is 16.7. The molecule has 0 aliphatic heterocycles. The van der Waals surface area contributed by atoms with Crippen LogP contribution in [0.3, 0.4) is 0 Å². The first kappa shape index (κ1) is 24.4. The van der Waals surface area contributed by atoms with Crippen molar-refractivity contribution < 1.29 is 18.7 Å². The number of amides is 2. The summed E-state index contributed by atoms with van der Waals surface area (Å²) in [6.07, 6.45) is 0.791. The molecule has 3 N–H and O–H groups in total. The normalized spacial score (nSPS) is 11.5. The van der Waals surface area contributed by atoms with Gasteiger partial charge in [0.05, 0.1) is 29.9 Å². The second kappa shape index (κ2) is 9.88. The van der Waals surface area contributed by atoms with Crippen molar-refractivity contribution in [3.05, 3.63) is 65.2 Å². The number of fused-ring (bicyclic) bond motifs is 3. The average molecular weight is 494 g/mol. The average Bonchev–Trinajstić information content (AvgIpc) is 3.19. The number of hydrogen-bond acceptors (Lipinski definition) is 5. The first-order valence-electron chi connectivity index (χ1n) is 11.4. The summed E-state index contributed by atoms with van der Waals surface area (Å²) in [5, 5.41) is 11.1. The Hall–Kier alpha value is -3.71. The maximum absolute atomic E-state index is 12.7. The van der Waals surface area contributed by atoms with E-state index in [0.717, 1.165) is 22.8 Å². The number of rotatable bonds is 8. The number of benzene rings is 3. The van der Waals surface area contributed by atoms with Gasteiger partial charge in [-0.15, -0.1) is 0 Å². The summed E-state index contributed by atoms with van der Waals surface area (Å²) in [5.41, 5.74) is 2.60. The Labute approximate surface area is 208 Å². The molecule has 0 atom stereocenters. The third kappa shape index (κ3) is 5.35. The van der Waals surface area contributed by atoms with Gasteiger partial charge in [-0.3, -0.25) is 9.59 Å². The molecule has 0 aliphatic rings. The fourth-order valence-electron chi connectivity index (χ4n) is 3.67. The van der Waals surface area contributed by atoms with Gasteiger partial charge >= 0.3 is 0 Å². The Kier molecular flexibility index (Phi) is 6.89. The molecule has 0 spiro atoms. The van der Waals surface area contributed by atoms with E-state index in [-0.39, 0.29) is 23.9 Å². The molecule has 8 heteroatoms. The smallest absolute Gasteiger partial charge is 0.253 e. The molecule has 0 radical (unpaired) electrons. The fourth-order valence-corrected chi connectivity index (χ4v) is 3.93. The van der Waals surface area contributed by atoms with Crippen molar-refractivity contribution in [2.75, 3.05) is 24.3 Å². The number of para-hydroxylation sites is 1. The van der Waals surface area contributed by atoms with Crippen LogP contribution in [-0.4, -0.2) is 31.0 Å². The Morgan fingerprint density at radius 3 is 2.51 bits per heavy atom. The number of ether oxygens (including phenoxy) is 1. The molecule has 4 aromatic rings. The van der Waals surface area contributed by atoms with Crippen LogP contribution in [0.5, 0.6) is 5.75 Å². The number of nitrogens with one attached hydrogen (secondary N) is 3. The highest BCUT2D eigenvalue weighted by Crippen LogP contribution is 2.36. The molecule has 7 nitrogen and oxygen atoms in total. The minimum Gasteiger partial charge on any atom is -0.495 e. The molecule has 4 rings (SSSR count). The Morgan fingerprint density at radius 2 is 1.80 bits per heavy atom. The van der Waals surface area contributed by atoms with E-state index in [9.17, 15) is 9.59 Å². The standard InChI is InChI=1S/C27H28ClN3O4/c1-5-27(2,3)31-26(33)18-11-10-16(12-20(18)28)29-15-25(32)30-21-14-23-19(13-24(21)34-4)17-8-6-7-9-22(17)35-23/h6-14,29H,5,15H2,1-4H3,(H,30,32)(H,31,33). The van der Waals surface area contributed by atoms with E-state index in [4.69, 9.17) is 20.8 Å². The summed E-state index contributed by atoms with van der Waals surface area (Å²) in [7, 11) is 1.55. The number of methoxy groups -OCH3 is 1. The van der Waals surface area contributed by atoms with Crippen LogP contribution in [0, 0.1) is 0 Å². The summed E-state index contributed by atoms with van der Waals surface area (Å²) < 4.78 is 11.4. The molecule has 182 valence electrons. The highest BCUT2D eigenvalue weighted by Gasteiger charge is 2.20. The van der Waals surface area contributed by atoms with Gasteiger partial charge in [-0.1, -0.05) is 36.7 Å². The van der Waals surface area contributed by atoms with E-state index in [1.807, 2.05) is 51.1 Å². The molecule has 3 aromatic carbocycles. The van der Waals surface area contributed by atoms with Crippen LogP contribution >= 0.6 is 11.6 Å². The van der Waals surface area contributed by atoms with Crippen LogP contribution in [0.15, 0.2) is 59.0 Å². The number of anilines is 2. The molecule has 0 fully saturated rings. The molecule has 0 saturated heterocycles. The predicted octanol–water partition coefficient (Wildman–Crippen LogP) is 6.22. The van der Waals surface area contributed by atoms with Crippen molar-refractivity contribution in [2.24, 2.45) is 0 Å². The lowest BCUT2D eigenvalue weighted by Gasteiger charge is -2.24. The van der Waals surface area contributed by atoms with Gasteiger partial charge in [0.25, 0.3) is 5.91 Å². The third-order valence-corrected chi connectivity index (χ3v) is 6.29. The summed E-state index contributed by atoms with van der Waals surface area (Å²) in [6.45, 7) is 5.90. The van der Waals surface area contributed by atoms with Gasteiger partial charge in [0, 0.05) is 28.1 Å². The second-order valence-corrected chi connectivity index (χ2v) is 9.34. The summed E-state index contributed by atoms with van der Waals surface area (Å²) in [5.74, 6) is 0.0198. The number of furan rings is 1. The van der Waals surface area contributed by atoms with Crippen molar-refractivity contribution in [3.8, 4) is 5.75 Å². The highest BCUT2D eigenvalue weighted by molar-refractivity contribution is 6.34. The second-order valence-electron chi connectivity index (χ2n) is 8.93. The van der Waals surface area contributed by atoms with Crippen molar-refractivity contribution in [2.45, 2.75) is 32.7 Å². The fraction of sp³-hybridized carbons (Fsp3) is 0.259. The Balaban J connectivity index is 1.44. The van der Waals surface area contributed by atoms with E-state index in [2.05, 4.69) is 16.0 Å². The summed E-state index contributed by atoms with van der Waals surface area (Å²) in [4.78, 5) is 25.2. The van der Waals surface area contributed by atoms with Gasteiger partial charge in [0.1, 0.15) is 16.9 Å². The minimum absolute atomic E-state index is 0.00788. The SMILES string of the molecule is CCC(C)(C)NC(=O)c1ccc(NCC(=O)Nc2cc3oc4ccccc4c3cc2OC)cc1Cl. The van der Waals surface area contributed by atoms with Crippen molar-refractivity contribution >= 4 is 56.7 Å². The molecule has 35 heavy (non-hydrogen) atoms. The maximum atomic E-state index is 12.7. The lowest BCUT2D eigenvalue weighted by atomic mass is 10.0. The molecule has 0 bridgehead atoms. The van der Waals surface area contributed by atoms with Crippen LogP contribution in [0.4, 0.5) is 11.4 Å². The van der Waals surface area contributed by atoms with Crippen molar-refractivity contribution in [1.82, 2.24) is 5.32 Å². The molecule has 1 aromatic heterocycles. The summed E-state index contributed by atoms with van der Waals surface area (Å²) >= 11 is 6.34. The topological polar surface area (TPSA) is 92.6 Å². The van der Waals surface area contributed by atoms with E-state index in [1.54, 1.807) is 31.4 Å². The quantitative estimate of drug-likeness (QED) is 0.271. The molecular formula is C27H28ClN3O4. The maximum Gasteiger partial charge on any atom is 0.253 e. The molecule has 0 saturated carbocycles. The Morgan fingerprint density at radius 1 is 1.03 bits per heavy atom. The molecular weight excluding hydrogens is 466 g/mol. The zero-order valence-corrected chi connectivity index (χ0v) is 20.9. The van der Waals surface area contributed by atoms with Crippen LogP contribution in [0.1, 0.15) is 37.6 Å². The lowest BCUT2D eigenvalue weighted by Crippen LogP contribution is -2.42. The van der Waals surface area contributed by atoms with Crippen LogP contribution < -0.4 is 20.7 Å². The third-order valence-electron chi connectivity index (χ3n) is 5.98. The number of halogens is 1. The van der Waals surface area contributed by atoms with Gasteiger partial charge in [-0.25, -0.2) is 0 Å². The molecule has 2 amide bonds. The lowest BCUT2D eigenvalue weighted by molar-refractivity contribution is -0.114. The van der Waals surface area contributed by atoms with Crippen LogP contribution in [0.2, 0.25) is 5.02 Å². The van der Waals surface area contributed by atoms with Crippen LogP contribution in [0.25, 0.3) is 21.9 Å². The van der Waals surface area contributed by atoms with E-state index in [0.29, 0.717) is 33.3 Å². The largest absolute Gasteiger partial charge is 0.495 e. The van der Waals surface area contributed by atoms with Crippen LogP contribution in [-0.2, 0) is 4.79 Å². The van der Waals surface area contributed by atoms with Gasteiger partial charge in [0.15, 0.2) is 0 Å². The van der Waals surface area contributed by atoms with Gasteiger partial charge in [-0.05, 0) is 50.6 Å². The predicted molar refractivity (Wildman–Crippen MR) is 141 cm³/mol. The number of hydrogen-bond donors (Lipinski definition) is 3. The van der Waals surface area contributed by atoms with Gasteiger partial charge < -0.3 is 25.1 Å². The van der Waals surface area contributed by atoms with Crippen molar-refractivity contribution in [3.63, 3.8) is 0 Å². The summed E-state index contributed by atoms with van der Waals surface area (Å²) in [6, 6.07) is 16.3. The molecule has 0 aliphatic carbocycles. The zero-order valence-electron chi connectivity index (χ0n) is 20.1. The number of carbonyl (C=O) groups is 2. The van der Waals surface area contributed by atoms with E-state index < -0.39 is 0 Å². The highest BCUT2D eigenvalue weighted by atomic mass is 35.5.